The van der Waals surface area contributed by atoms with E-state index in [1.165, 1.54) is 28.5 Å². The third-order valence-corrected chi connectivity index (χ3v) is 9.33. The Morgan fingerprint density at radius 1 is 1.12 bits per heavy atom. The van der Waals surface area contributed by atoms with E-state index < -0.39 is 17.3 Å². The van der Waals surface area contributed by atoms with Crippen LogP contribution in [0, 0.1) is 11.6 Å². The van der Waals surface area contributed by atoms with Gasteiger partial charge >= 0.3 is 5.69 Å². The molecule has 1 aromatic heterocycles. The first kappa shape index (κ1) is 30.7. The fraction of sp³-hybridized carbons (Fsp3) is 0.414. The van der Waals surface area contributed by atoms with E-state index in [-0.39, 0.29) is 46.2 Å². The molecular weight excluding hydrogens is 609 g/mol. The molecule has 1 amide bonds. The number of anilines is 1. The first-order valence-electron chi connectivity index (χ1n) is 13.4. The molecule has 0 aliphatic carbocycles. The van der Waals surface area contributed by atoms with Crippen LogP contribution in [0.15, 0.2) is 40.5 Å². The van der Waals surface area contributed by atoms with Crippen LogP contribution >= 0.6 is 35.0 Å². The molecule has 1 fully saturated rings. The number of thioether (sulfide) groups is 1. The molecule has 0 N–H and O–H groups in total. The van der Waals surface area contributed by atoms with Gasteiger partial charge in [0.15, 0.2) is 0 Å². The lowest BCUT2D eigenvalue weighted by atomic mass is 10.0. The quantitative estimate of drug-likeness (QED) is 0.195. The van der Waals surface area contributed by atoms with Crippen molar-refractivity contribution in [3.05, 3.63) is 63.0 Å². The van der Waals surface area contributed by atoms with E-state index >= 15 is 4.39 Å². The summed E-state index contributed by atoms with van der Waals surface area (Å²) in [6.07, 6.45) is 0.914. The van der Waals surface area contributed by atoms with Crippen LogP contribution in [0.5, 0.6) is 0 Å². The van der Waals surface area contributed by atoms with Crippen molar-refractivity contribution in [2.45, 2.75) is 43.5 Å². The van der Waals surface area contributed by atoms with Gasteiger partial charge in [-0.25, -0.2) is 13.6 Å². The zero-order valence-electron chi connectivity index (χ0n) is 23.3. The Bertz CT molecular complexity index is 1610. The topological polar surface area (TPSA) is 76.9 Å². The molecule has 3 aromatic rings. The van der Waals surface area contributed by atoms with Gasteiger partial charge in [-0.15, -0.1) is 11.8 Å². The Morgan fingerprint density at radius 2 is 1.83 bits per heavy atom. The third kappa shape index (κ3) is 5.65. The molecule has 0 saturated carbocycles. The van der Waals surface area contributed by atoms with Gasteiger partial charge in [-0.3, -0.25) is 9.36 Å². The second-order valence-corrected chi connectivity index (χ2v) is 12.2. The number of amides is 1. The number of benzene rings is 2. The van der Waals surface area contributed by atoms with Crippen molar-refractivity contribution >= 4 is 57.6 Å². The van der Waals surface area contributed by atoms with Gasteiger partial charge in [-0.1, -0.05) is 29.8 Å². The van der Waals surface area contributed by atoms with E-state index in [0.29, 0.717) is 59.2 Å². The highest BCUT2D eigenvalue weighted by Gasteiger charge is 2.35. The lowest BCUT2D eigenvalue weighted by Crippen LogP contribution is -2.58. The maximum atomic E-state index is 15.2. The number of piperazine rings is 1. The van der Waals surface area contributed by atoms with Crippen molar-refractivity contribution < 1.29 is 23.0 Å². The predicted octanol–water partition coefficient (Wildman–Crippen LogP) is 5.40. The minimum atomic E-state index is -0.888. The zero-order chi connectivity index (χ0) is 30.3. The van der Waals surface area contributed by atoms with Crippen molar-refractivity contribution in [1.29, 1.82) is 0 Å². The summed E-state index contributed by atoms with van der Waals surface area (Å²) in [5.41, 5.74) is 0.347. The van der Waals surface area contributed by atoms with Crippen molar-refractivity contribution in [1.82, 2.24) is 14.5 Å². The molecule has 1 saturated heterocycles. The average Bonchev–Trinajstić information content (AvgIpc) is 3.13. The molecule has 3 atom stereocenters. The maximum absolute atomic E-state index is 15.2. The predicted molar refractivity (Wildman–Crippen MR) is 162 cm³/mol. The molecule has 0 spiro atoms. The van der Waals surface area contributed by atoms with Crippen LogP contribution < -0.4 is 10.6 Å². The Kier molecular flexibility index (Phi) is 9.15. The lowest BCUT2D eigenvalue weighted by molar-refractivity contribution is -0.130. The monoisotopic (exact) mass is 638 g/mol. The fourth-order valence-corrected chi connectivity index (χ4v) is 7.55. The van der Waals surface area contributed by atoms with Crippen LogP contribution in [0.1, 0.15) is 13.8 Å². The molecule has 2 aromatic carbocycles. The molecule has 1 unspecified atom stereocenters. The van der Waals surface area contributed by atoms with Crippen LogP contribution in [-0.2, 0) is 20.8 Å². The molecular formula is C29H30Cl2F2N4O4S. The molecule has 224 valence electrons. The highest BCUT2D eigenvalue weighted by Crippen LogP contribution is 2.47. The van der Waals surface area contributed by atoms with Crippen LogP contribution in [0.2, 0.25) is 10.0 Å². The van der Waals surface area contributed by atoms with Crippen LogP contribution in [0.4, 0.5) is 14.6 Å². The minimum Gasteiger partial charge on any atom is -0.382 e. The number of methoxy groups -OCH3 is 1. The number of carbonyl (C=O) groups excluding carboxylic acids is 1. The molecule has 3 heterocycles. The Hall–Kier alpha value is -2.70. The van der Waals surface area contributed by atoms with E-state index in [0.717, 1.165) is 6.07 Å². The number of aromatic nitrogens is 2. The minimum absolute atomic E-state index is 0.0192. The van der Waals surface area contributed by atoms with Crippen molar-refractivity contribution in [3.63, 3.8) is 0 Å². The SMILES string of the molecule is C=CC(=O)N1[C@H](C)CN(c2nc(=O)n3c4c(c(-c5cc(Cl)c(F)cc5F)c(Cl)cc24)SCC(OCCOC)C3)C[C@@H]1C. The van der Waals surface area contributed by atoms with Crippen molar-refractivity contribution in [2.75, 3.05) is 44.1 Å². The second kappa shape index (κ2) is 12.5. The number of hydrogen-bond donors (Lipinski definition) is 0. The van der Waals surface area contributed by atoms with E-state index in [4.69, 9.17) is 32.7 Å². The molecule has 42 heavy (non-hydrogen) atoms. The standard InChI is InChI=1S/C29H30Cl2F2N4O4S/c1-5-24(38)37-15(2)11-35(12-16(37)3)28-19-9-21(31)25(18-8-20(30)23(33)10-22(18)32)27-26(19)36(29(39)34-28)13-17(14-42-27)41-7-6-40-4/h5,8-10,15-17H,1,6-7,11-14H2,2-4H3/t15-,16+,17?. The zero-order valence-corrected chi connectivity index (χ0v) is 25.7. The summed E-state index contributed by atoms with van der Waals surface area (Å²) in [6, 6.07) is 3.21. The Morgan fingerprint density at radius 3 is 2.50 bits per heavy atom. The number of halogens is 4. The van der Waals surface area contributed by atoms with Crippen LogP contribution in [-0.4, -0.2) is 77.7 Å². The smallest absolute Gasteiger partial charge is 0.350 e. The number of carbonyl (C=O) groups is 1. The lowest BCUT2D eigenvalue weighted by Gasteiger charge is -2.44. The number of rotatable bonds is 7. The normalized spacial score (nSPS) is 20.6. The van der Waals surface area contributed by atoms with Gasteiger partial charge < -0.3 is 19.3 Å². The summed E-state index contributed by atoms with van der Waals surface area (Å²) in [4.78, 5) is 35.0. The number of ether oxygens (including phenoxy) is 2. The van der Waals surface area contributed by atoms with Crippen molar-refractivity contribution in [3.8, 4) is 11.1 Å². The second-order valence-electron chi connectivity index (χ2n) is 10.4. The largest absolute Gasteiger partial charge is 0.382 e. The molecule has 2 aliphatic rings. The molecule has 2 aliphatic heterocycles. The van der Waals surface area contributed by atoms with Crippen LogP contribution in [0.25, 0.3) is 22.0 Å². The van der Waals surface area contributed by atoms with Gasteiger partial charge in [0.2, 0.25) is 5.91 Å². The first-order valence-corrected chi connectivity index (χ1v) is 15.1. The van der Waals surface area contributed by atoms with Gasteiger partial charge in [0.1, 0.15) is 17.5 Å². The number of hydrogen-bond acceptors (Lipinski definition) is 7. The van der Waals surface area contributed by atoms with Gasteiger partial charge in [0.25, 0.3) is 0 Å². The maximum Gasteiger partial charge on any atom is 0.350 e. The van der Waals surface area contributed by atoms with E-state index in [1.807, 2.05) is 18.7 Å². The van der Waals surface area contributed by atoms with Gasteiger partial charge in [0, 0.05) is 65.5 Å². The van der Waals surface area contributed by atoms with E-state index in [2.05, 4.69) is 11.6 Å². The molecule has 0 radical (unpaired) electrons. The highest BCUT2D eigenvalue weighted by atomic mass is 35.5. The fourth-order valence-electron chi connectivity index (χ4n) is 5.74. The van der Waals surface area contributed by atoms with Gasteiger partial charge in [0.05, 0.1) is 41.4 Å². The molecule has 8 nitrogen and oxygen atoms in total. The molecule has 13 heteroatoms. The first-order chi connectivity index (χ1) is 20.0. The Balaban J connectivity index is 1.72. The Labute approximate surface area is 256 Å². The van der Waals surface area contributed by atoms with E-state index in [1.54, 1.807) is 18.1 Å². The molecule has 5 rings (SSSR count). The summed E-state index contributed by atoms with van der Waals surface area (Å²) in [6.45, 7) is 9.21. The summed E-state index contributed by atoms with van der Waals surface area (Å²) in [7, 11) is 1.57. The van der Waals surface area contributed by atoms with Crippen molar-refractivity contribution in [2.24, 2.45) is 0 Å². The third-order valence-electron chi connectivity index (χ3n) is 7.52. The summed E-state index contributed by atoms with van der Waals surface area (Å²) in [5.74, 6) is -1.04. The average molecular weight is 640 g/mol. The number of nitrogens with zero attached hydrogens (tertiary/aromatic N) is 4. The summed E-state index contributed by atoms with van der Waals surface area (Å²) in [5, 5.41) is 0.539. The van der Waals surface area contributed by atoms with Crippen LogP contribution in [0.3, 0.4) is 0 Å². The van der Waals surface area contributed by atoms with Gasteiger partial charge in [-0.2, -0.15) is 4.98 Å². The highest BCUT2D eigenvalue weighted by molar-refractivity contribution is 7.99. The molecule has 0 bridgehead atoms. The summed E-state index contributed by atoms with van der Waals surface area (Å²) >= 11 is 14.3. The van der Waals surface area contributed by atoms with E-state index in [9.17, 15) is 14.0 Å². The summed E-state index contributed by atoms with van der Waals surface area (Å²) < 4.78 is 42.0. The van der Waals surface area contributed by atoms with Gasteiger partial charge in [-0.05, 0) is 32.1 Å².